The molecular weight excluding hydrogens is 182 g/mol. The van der Waals surface area contributed by atoms with Crippen molar-refractivity contribution in [2.75, 3.05) is 0 Å². The highest BCUT2D eigenvalue weighted by molar-refractivity contribution is 5.50. The van der Waals surface area contributed by atoms with Crippen LogP contribution in [0.4, 0.5) is 0 Å². The summed E-state index contributed by atoms with van der Waals surface area (Å²) >= 11 is 0. The van der Waals surface area contributed by atoms with Gasteiger partial charge in [0.1, 0.15) is 0 Å². The zero-order valence-electron chi connectivity index (χ0n) is 9.98. The lowest BCUT2D eigenvalue weighted by molar-refractivity contribution is 0.560. The number of rotatable bonds is 0. The van der Waals surface area contributed by atoms with E-state index in [1.54, 1.807) is 16.7 Å². The Morgan fingerprint density at radius 3 is 2.13 bits per heavy atom. The van der Waals surface area contributed by atoms with Gasteiger partial charge in [0, 0.05) is 11.4 Å². The molecule has 80 valence electrons. The lowest BCUT2D eigenvalue weighted by Gasteiger charge is -2.32. The van der Waals surface area contributed by atoms with Crippen molar-refractivity contribution in [2.45, 2.75) is 58.3 Å². The molecule has 0 saturated carbocycles. The maximum Gasteiger partial charge on any atom is 0.0445 e. The minimum absolute atomic E-state index is 0.307. The van der Waals surface area contributed by atoms with Crippen LogP contribution in [0.15, 0.2) is 0 Å². The van der Waals surface area contributed by atoms with Crippen molar-refractivity contribution in [3.63, 3.8) is 0 Å². The van der Waals surface area contributed by atoms with Crippen LogP contribution in [0, 0.1) is 0 Å². The van der Waals surface area contributed by atoms with E-state index in [0.29, 0.717) is 5.41 Å². The van der Waals surface area contributed by atoms with E-state index in [2.05, 4.69) is 20.8 Å². The Hall–Kier alpha value is -0.850. The third-order valence-electron chi connectivity index (χ3n) is 3.77. The van der Waals surface area contributed by atoms with Crippen molar-refractivity contribution >= 4 is 0 Å². The van der Waals surface area contributed by atoms with Crippen LogP contribution in [0.1, 0.15) is 55.3 Å². The monoisotopic (exact) mass is 201 g/mol. The van der Waals surface area contributed by atoms with E-state index in [1.807, 2.05) is 0 Å². The Labute approximate surface area is 91.9 Å². The van der Waals surface area contributed by atoms with Gasteiger partial charge in [-0.15, -0.1) is 0 Å². The Kier molecular flexibility index (Phi) is 1.78. The number of aromatic nitrogens is 1. The summed E-state index contributed by atoms with van der Waals surface area (Å²) in [6.45, 7) is 7.04. The number of hydrogen-bond acceptors (Lipinski definition) is 1. The fourth-order valence-corrected chi connectivity index (χ4v) is 3.13. The van der Waals surface area contributed by atoms with Crippen LogP contribution in [0.25, 0.3) is 0 Å². The van der Waals surface area contributed by atoms with Gasteiger partial charge in [0.25, 0.3) is 0 Å². The molecule has 1 nitrogen and oxygen atoms in total. The molecule has 0 fully saturated rings. The molecular formula is C14H19N. The van der Waals surface area contributed by atoms with Gasteiger partial charge in [0.15, 0.2) is 0 Å². The van der Waals surface area contributed by atoms with Crippen LogP contribution in [-0.2, 0) is 31.1 Å². The second kappa shape index (κ2) is 2.84. The minimum atomic E-state index is 0.307. The van der Waals surface area contributed by atoms with Crippen molar-refractivity contribution in [3.8, 4) is 0 Å². The molecule has 0 aromatic carbocycles. The molecule has 0 saturated heterocycles. The fraction of sp³-hybridized carbons (Fsp3) is 0.643. The van der Waals surface area contributed by atoms with Gasteiger partial charge in [-0.25, -0.2) is 0 Å². The molecule has 2 aliphatic rings. The summed E-state index contributed by atoms with van der Waals surface area (Å²) in [7, 11) is 0. The van der Waals surface area contributed by atoms with Gasteiger partial charge in [0.2, 0.25) is 0 Å². The largest absolute Gasteiger partial charge is 0.257 e. The summed E-state index contributed by atoms with van der Waals surface area (Å²) in [6, 6.07) is 0. The molecule has 0 spiro atoms. The predicted molar refractivity (Wildman–Crippen MR) is 62.4 cm³/mol. The molecule has 0 radical (unpaired) electrons. The minimum Gasteiger partial charge on any atom is -0.257 e. The molecule has 1 heteroatoms. The van der Waals surface area contributed by atoms with Crippen molar-refractivity contribution in [1.29, 1.82) is 0 Å². The number of fused-ring (bicyclic) bond motifs is 2. The van der Waals surface area contributed by atoms with Crippen LogP contribution in [0.2, 0.25) is 0 Å². The second-order valence-corrected chi connectivity index (χ2v) is 5.94. The zero-order chi connectivity index (χ0) is 10.6. The number of hydrogen-bond donors (Lipinski definition) is 0. The summed E-state index contributed by atoms with van der Waals surface area (Å²) in [5, 5.41) is 0. The molecule has 2 aliphatic carbocycles. The van der Waals surface area contributed by atoms with Gasteiger partial charge >= 0.3 is 0 Å². The first-order valence-electron chi connectivity index (χ1n) is 6.11. The van der Waals surface area contributed by atoms with Crippen LogP contribution < -0.4 is 0 Å². The van der Waals surface area contributed by atoms with Crippen LogP contribution in [0.3, 0.4) is 0 Å². The normalized spacial score (nSPS) is 18.3. The van der Waals surface area contributed by atoms with Crippen molar-refractivity contribution in [3.05, 3.63) is 28.1 Å². The number of pyridine rings is 1. The lowest BCUT2D eigenvalue weighted by Crippen LogP contribution is -2.25. The fourth-order valence-electron chi connectivity index (χ4n) is 3.13. The molecule has 1 heterocycles. The standard InChI is InChI=1S/C14H19N/c1-14(2,3)13-9-5-4-6-11(9)15-12-8-7-10(12)13/h4-8H2,1-3H3. The van der Waals surface area contributed by atoms with E-state index in [4.69, 9.17) is 4.98 Å². The van der Waals surface area contributed by atoms with Crippen molar-refractivity contribution < 1.29 is 0 Å². The predicted octanol–water partition coefficient (Wildman–Crippen LogP) is 2.97. The van der Waals surface area contributed by atoms with E-state index in [-0.39, 0.29) is 0 Å². The highest BCUT2D eigenvalue weighted by atomic mass is 14.8. The van der Waals surface area contributed by atoms with E-state index >= 15 is 0 Å². The molecule has 15 heavy (non-hydrogen) atoms. The molecule has 0 bridgehead atoms. The maximum absolute atomic E-state index is 4.81. The summed E-state index contributed by atoms with van der Waals surface area (Å²) < 4.78 is 0. The zero-order valence-corrected chi connectivity index (χ0v) is 9.98. The highest BCUT2D eigenvalue weighted by Gasteiger charge is 2.32. The smallest absolute Gasteiger partial charge is 0.0445 e. The molecule has 0 N–H and O–H groups in total. The Balaban J connectivity index is 2.27. The van der Waals surface area contributed by atoms with Gasteiger partial charge < -0.3 is 0 Å². The first kappa shape index (κ1) is 9.38. The average Bonchev–Trinajstić information content (AvgIpc) is 2.53. The van der Waals surface area contributed by atoms with E-state index in [1.165, 1.54) is 43.5 Å². The Morgan fingerprint density at radius 2 is 1.53 bits per heavy atom. The van der Waals surface area contributed by atoms with Gasteiger partial charge in [-0.1, -0.05) is 20.8 Å². The third kappa shape index (κ3) is 1.25. The molecule has 0 atom stereocenters. The van der Waals surface area contributed by atoms with Gasteiger partial charge in [-0.05, 0) is 54.2 Å². The van der Waals surface area contributed by atoms with Gasteiger partial charge in [-0.2, -0.15) is 0 Å². The van der Waals surface area contributed by atoms with Gasteiger partial charge in [-0.3, -0.25) is 4.98 Å². The maximum atomic E-state index is 4.81. The topological polar surface area (TPSA) is 12.9 Å². The van der Waals surface area contributed by atoms with Crippen molar-refractivity contribution in [1.82, 2.24) is 4.98 Å². The summed E-state index contributed by atoms with van der Waals surface area (Å²) in [5.41, 5.74) is 7.95. The SMILES string of the molecule is CC(C)(C)c1c2c(nc3c1CC3)CCC2. The number of nitrogens with zero attached hydrogens (tertiary/aromatic N) is 1. The molecule has 0 unspecified atom stereocenters. The summed E-state index contributed by atoms with van der Waals surface area (Å²) in [6.07, 6.45) is 6.27. The quantitative estimate of drug-likeness (QED) is 0.629. The van der Waals surface area contributed by atoms with Crippen LogP contribution in [0.5, 0.6) is 0 Å². The summed E-state index contributed by atoms with van der Waals surface area (Å²) in [4.78, 5) is 4.81. The van der Waals surface area contributed by atoms with Crippen LogP contribution >= 0.6 is 0 Å². The Morgan fingerprint density at radius 1 is 0.867 bits per heavy atom. The van der Waals surface area contributed by atoms with Gasteiger partial charge in [0.05, 0.1) is 0 Å². The molecule has 1 aromatic heterocycles. The molecule has 1 aromatic rings. The molecule has 3 rings (SSSR count). The molecule has 0 aliphatic heterocycles. The third-order valence-corrected chi connectivity index (χ3v) is 3.77. The summed E-state index contributed by atoms with van der Waals surface area (Å²) in [5.74, 6) is 0. The average molecular weight is 201 g/mol. The first-order valence-corrected chi connectivity index (χ1v) is 6.11. The van der Waals surface area contributed by atoms with Crippen LogP contribution in [-0.4, -0.2) is 4.98 Å². The number of aryl methyl sites for hydroxylation is 2. The first-order chi connectivity index (χ1) is 7.07. The molecule has 0 amide bonds. The van der Waals surface area contributed by atoms with Crippen molar-refractivity contribution in [2.24, 2.45) is 0 Å². The van der Waals surface area contributed by atoms with E-state index in [0.717, 1.165) is 0 Å². The lowest BCUT2D eigenvalue weighted by atomic mass is 9.75. The van der Waals surface area contributed by atoms with E-state index < -0.39 is 0 Å². The highest BCUT2D eigenvalue weighted by Crippen LogP contribution is 2.40. The second-order valence-electron chi connectivity index (χ2n) is 5.94. The van der Waals surface area contributed by atoms with E-state index in [9.17, 15) is 0 Å². The Bertz CT molecular complexity index is 424.